The molecule has 2 unspecified atom stereocenters. The standard InChI is InChI=1S/C15H24N4O/c1-11-5-3-4-6-14(11)19(2)10-13-8-7-12(9-17-13)15(20)18-16/h7-9,11,14H,3-6,10,16H2,1-2H3,(H,18,20). The van der Waals surface area contributed by atoms with Crippen molar-refractivity contribution in [1.29, 1.82) is 0 Å². The van der Waals surface area contributed by atoms with E-state index in [1.54, 1.807) is 12.3 Å². The van der Waals surface area contributed by atoms with Crippen LogP contribution in [0.2, 0.25) is 0 Å². The number of amides is 1. The van der Waals surface area contributed by atoms with Crippen molar-refractivity contribution in [1.82, 2.24) is 15.3 Å². The van der Waals surface area contributed by atoms with Gasteiger partial charge in [0.2, 0.25) is 0 Å². The van der Waals surface area contributed by atoms with E-state index in [0.29, 0.717) is 11.6 Å². The summed E-state index contributed by atoms with van der Waals surface area (Å²) in [6.45, 7) is 3.15. The van der Waals surface area contributed by atoms with Crippen molar-refractivity contribution in [2.45, 2.75) is 45.2 Å². The highest BCUT2D eigenvalue weighted by atomic mass is 16.2. The van der Waals surface area contributed by atoms with E-state index in [0.717, 1.165) is 18.2 Å². The Balaban J connectivity index is 1.97. The number of nitrogens with one attached hydrogen (secondary N) is 1. The largest absolute Gasteiger partial charge is 0.297 e. The zero-order chi connectivity index (χ0) is 14.5. The minimum Gasteiger partial charge on any atom is -0.297 e. The van der Waals surface area contributed by atoms with Gasteiger partial charge in [0.25, 0.3) is 5.91 Å². The van der Waals surface area contributed by atoms with Gasteiger partial charge in [0.15, 0.2) is 0 Å². The van der Waals surface area contributed by atoms with Gasteiger partial charge in [0, 0.05) is 18.8 Å². The molecule has 0 saturated heterocycles. The van der Waals surface area contributed by atoms with E-state index in [9.17, 15) is 4.79 Å². The number of hydrogen-bond acceptors (Lipinski definition) is 4. The van der Waals surface area contributed by atoms with Crippen LogP contribution in [-0.4, -0.2) is 28.9 Å². The van der Waals surface area contributed by atoms with Crippen LogP contribution in [0, 0.1) is 5.92 Å². The quantitative estimate of drug-likeness (QED) is 0.499. The van der Waals surface area contributed by atoms with Crippen LogP contribution in [0.4, 0.5) is 0 Å². The van der Waals surface area contributed by atoms with Gasteiger partial charge in [0.05, 0.1) is 11.3 Å². The molecule has 1 amide bonds. The first-order valence-electron chi connectivity index (χ1n) is 7.28. The third-order valence-corrected chi connectivity index (χ3v) is 4.26. The average Bonchev–Trinajstić information content (AvgIpc) is 2.47. The maximum atomic E-state index is 11.4. The van der Waals surface area contributed by atoms with E-state index in [-0.39, 0.29) is 5.91 Å². The summed E-state index contributed by atoms with van der Waals surface area (Å²) in [6.07, 6.45) is 6.84. The number of carbonyl (C=O) groups is 1. The molecule has 1 fully saturated rings. The van der Waals surface area contributed by atoms with Gasteiger partial charge in [-0.05, 0) is 37.9 Å². The number of pyridine rings is 1. The third-order valence-electron chi connectivity index (χ3n) is 4.26. The fourth-order valence-corrected chi connectivity index (χ4v) is 3.06. The first kappa shape index (κ1) is 14.9. The highest BCUT2D eigenvalue weighted by molar-refractivity contribution is 5.93. The number of hydrazine groups is 1. The van der Waals surface area contributed by atoms with Gasteiger partial charge < -0.3 is 0 Å². The number of hydrogen-bond donors (Lipinski definition) is 2. The lowest BCUT2D eigenvalue weighted by Gasteiger charge is -2.36. The van der Waals surface area contributed by atoms with Crippen LogP contribution in [0.15, 0.2) is 18.3 Å². The molecule has 0 radical (unpaired) electrons. The predicted octanol–water partition coefficient (Wildman–Crippen LogP) is 1.70. The second kappa shape index (κ2) is 6.81. The van der Waals surface area contributed by atoms with Crippen molar-refractivity contribution in [2.75, 3.05) is 7.05 Å². The molecule has 110 valence electrons. The lowest BCUT2D eigenvalue weighted by atomic mass is 9.85. The molecule has 1 aromatic heterocycles. The molecule has 5 heteroatoms. The van der Waals surface area contributed by atoms with E-state index in [4.69, 9.17) is 5.84 Å². The minimum absolute atomic E-state index is 0.307. The molecule has 3 N–H and O–H groups in total. The molecule has 0 aliphatic heterocycles. The Kier molecular flexibility index (Phi) is 5.09. The van der Waals surface area contributed by atoms with Gasteiger partial charge in [-0.15, -0.1) is 0 Å². The molecule has 1 heterocycles. The first-order chi connectivity index (χ1) is 9.61. The zero-order valence-corrected chi connectivity index (χ0v) is 12.3. The summed E-state index contributed by atoms with van der Waals surface area (Å²) in [5, 5.41) is 0. The smallest absolute Gasteiger partial charge is 0.266 e. The van der Waals surface area contributed by atoms with Crippen LogP contribution < -0.4 is 11.3 Å². The summed E-state index contributed by atoms with van der Waals surface area (Å²) < 4.78 is 0. The topological polar surface area (TPSA) is 71.2 Å². The van der Waals surface area contributed by atoms with Gasteiger partial charge in [0.1, 0.15) is 0 Å². The van der Waals surface area contributed by atoms with Crippen molar-refractivity contribution in [2.24, 2.45) is 11.8 Å². The van der Waals surface area contributed by atoms with Crippen molar-refractivity contribution >= 4 is 5.91 Å². The molecular weight excluding hydrogens is 252 g/mol. The number of rotatable bonds is 4. The summed E-state index contributed by atoms with van der Waals surface area (Å²) >= 11 is 0. The van der Waals surface area contributed by atoms with E-state index in [2.05, 4.69) is 29.3 Å². The van der Waals surface area contributed by atoms with Crippen molar-refractivity contribution < 1.29 is 4.79 Å². The van der Waals surface area contributed by atoms with Crippen LogP contribution >= 0.6 is 0 Å². The molecule has 1 aromatic rings. The van der Waals surface area contributed by atoms with Gasteiger partial charge >= 0.3 is 0 Å². The lowest BCUT2D eigenvalue weighted by molar-refractivity contribution is 0.0953. The average molecular weight is 276 g/mol. The summed E-state index contributed by atoms with van der Waals surface area (Å²) in [7, 11) is 2.16. The Labute approximate surface area is 120 Å². The third kappa shape index (κ3) is 3.55. The van der Waals surface area contributed by atoms with Crippen LogP contribution in [0.3, 0.4) is 0 Å². The van der Waals surface area contributed by atoms with Crippen molar-refractivity contribution in [3.05, 3.63) is 29.6 Å². The molecule has 1 saturated carbocycles. The summed E-state index contributed by atoms with van der Waals surface area (Å²) in [6, 6.07) is 4.30. The van der Waals surface area contributed by atoms with Gasteiger partial charge in [-0.2, -0.15) is 0 Å². The monoisotopic (exact) mass is 276 g/mol. The van der Waals surface area contributed by atoms with Crippen molar-refractivity contribution in [3.63, 3.8) is 0 Å². The minimum atomic E-state index is -0.307. The number of aromatic nitrogens is 1. The Morgan fingerprint density at radius 1 is 1.45 bits per heavy atom. The van der Waals surface area contributed by atoms with E-state index >= 15 is 0 Å². The molecule has 1 aliphatic carbocycles. The molecule has 0 aromatic carbocycles. The Morgan fingerprint density at radius 2 is 2.20 bits per heavy atom. The van der Waals surface area contributed by atoms with Crippen molar-refractivity contribution in [3.8, 4) is 0 Å². The molecule has 2 rings (SSSR count). The highest BCUT2D eigenvalue weighted by Gasteiger charge is 2.24. The Hall–Kier alpha value is -1.46. The Morgan fingerprint density at radius 3 is 2.80 bits per heavy atom. The molecule has 0 spiro atoms. The van der Waals surface area contributed by atoms with E-state index < -0.39 is 0 Å². The second-order valence-corrected chi connectivity index (χ2v) is 5.76. The van der Waals surface area contributed by atoms with Crippen LogP contribution in [0.1, 0.15) is 48.7 Å². The zero-order valence-electron chi connectivity index (χ0n) is 12.3. The molecule has 1 aliphatic rings. The van der Waals surface area contributed by atoms with E-state index in [1.807, 2.05) is 6.07 Å². The Bertz CT molecular complexity index is 446. The number of nitrogen functional groups attached to an aromatic ring is 1. The first-order valence-corrected chi connectivity index (χ1v) is 7.28. The molecule has 0 bridgehead atoms. The van der Waals surface area contributed by atoms with Crippen LogP contribution in [-0.2, 0) is 6.54 Å². The molecule has 5 nitrogen and oxygen atoms in total. The lowest BCUT2D eigenvalue weighted by Crippen LogP contribution is -2.38. The number of carbonyl (C=O) groups excluding carboxylic acids is 1. The van der Waals surface area contributed by atoms with Crippen LogP contribution in [0.5, 0.6) is 0 Å². The second-order valence-electron chi connectivity index (χ2n) is 5.76. The number of nitrogens with two attached hydrogens (primary N) is 1. The van der Waals surface area contributed by atoms with Gasteiger partial charge in [-0.3, -0.25) is 20.1 Å². The maximum absolute atomic E-state index is 11.4. The maximum Gasteiger partial charge on any atom is 0.266 e. The number of nitrogens with zero attached hydrogens (tertiary/aromatic N) is 2. The van der Waals surface area contributed by atoms with Crippen LogP contribution in [0.25, 0.3) is 0 Å². The normalized spacial score (nSPS) is 22.8. The molecule has 2 atom stereocenters. The van der Waals surface area contributed by atoms with Gasteiger partial charge in [-0.1, -0.05) is 19.8 Å². The fraction of sp³-hybridized carbons (Fsp3) is 0.600. The summed E-state index contributed by atoms with van der Waals surface area (Å²) in [5.74, 6) is 5.54. The molecular formula is C15H24N4O. The SMILES string of the molecule is CC1CCCCC1N(C)Cc1ccc(C(=O)NN)cn1. The highest BCUT2D eigenvalue weighted by Crippen LogP contribution is 2.27. The summed E-state index contributed by atoms with van der Waals surface area (Å²) in [4.78, 5) is 18.1. The molecule has 20 heavy (non-hydrogen) atoms. The predicted molar refractivity (Wildman–Crippen MR) is 78.8 cm³/mol. The van der Waals surface area contributed by atoms with E-state index in [1.165, 1.54) is 25.7 Å². The summed E-state index contributed by atoms with van der Waals surface area (Å²) in [5.41, 5.74) is 3.59. The fourth-order valence-electron chi connectivity index (χ4n) is 3.06. The van der Waals surface area contributed by atoms with Gasteiger partial charge in [-0.25, -0.2) is 5.84 Å².